The second kappa shape index (κ2) is 29.5. The van der Waals surface area contributed by atoms with Gasteiger partial charge in [-0.25, -0.2) is 0 Å². The molecule has 0 aliphatic heterocycles. The van der Waals surface area contributed by atoms with E-state index in [2.05, 4.69) is 10.6 Å². The third-order valence-electron chi connectivity index (χ3n) is 2.94. The number of unbranched alkanes of at least 4 members (excludes halogenated alkanes) is 4. The van der Waals surface area contributed by atoms with Crippen LogP contribution < -0.4 is 10.6 Å². The van der Waals surface area contributed by atoms with Gasteiger partial charge in [-0.1, -0.05) is 19.3 Å². The van der Waals surface area contributed by atoms with Crippen LogP contribution >= 0.6 is 0 Å². The zero-order valence-corrected chi connectivity index (χ0v) is 16.1. The van der Waals surface area contributed by atoms with Crippen molar-refractivity contribution in [3.05, 3.63) is 0 Å². The molecule has 0 aliphatic carbocycles. The Morgan fingerprint density at radius 3 is 1.00 bits per heavy atom. The molecule has 0 amide bonds. The topological polar surface area (TPSA) is 180 Å². The molecule has 0 atom stereocenters. The normalized spacial score (nSPS) is 9.63. The maximum atomic E-state index is 10.1. The minimum atomic E-state index is -0.759. The molecule has 27 heavy (non-hydrogen) atoms. The van der Waals surface area contributed by atoms with E-state index in [0.29, 0.717) is 39.0 Å². The van der Waals surface area contributed by atoms with Crippen LogP contribution in [-0.2, 0) is 9.59 Å². The molecule has 0 aromatic rings. The molecule has 0 fully saturated rings. The van der Waals surface area contributed by atoms with Crippen LogP contribution in [0.5, 0.6) is 0 Å². The molecule has 0 bridgehead atoms. The summed E-state index contributed by atoms with van der Waals surface area (Å²) in [5, 5.41) is 54.8. The number of carboxylic acid groups (broad SMARTS) is 2. The quantitative estimate of drug-likeness (QED) is 0.150. The fourth-order valence-electron chi connectivity index (χ4n) is 1.65. The molecule has 164 valence electrons. The van der Waals surface area contributed by atoms with Gasteiger partial charge in [-0.3, -0.25) is 9.59 Å². The highest BCUT2D eigenvalue weighted by atomic mass is 16.4. The van der Waals surface area contributed by atoms with Crippen molar-refractivity contribution in [3.8, 4) is 0 Å². The van der Waals surface area contributed by atoms with Gasteiger partial charge in [0.1, 0.15) is 0 Å². The molecular formula is C17H38N2O8. The van der Waals surface area contributed by atoms with E-state index in [4.69, 9.17) is 30.6 Å². The van der Waals surface area contributed by atoms with Gasteiger partial charge in [0.05, 0.1) is 26.4 Å². The maximum Gasteiger partial charge on any atom is 0.303 e. The molecular weight excluding hydrogens is 360 g/mol. The smallest absolute Gasteiger partial charge is 0.303 e. The van der Waals surface area contributed by atoms with Crippen LogP contribution in [0.25, 0.3) is 0 Å². The van der Waals surface area contributed by atoms with Gasteiger partial charge in [0.25, 0.3) is 0 Å². The van der Waals surface area contributed by atoms with E-state index >= 15 is 0 Å². The standard InChI is InChI=1S/C9H16O4.2C4H11NO2/c10-8(11)6-4-2-1-3-5-7-9(12)13;2*6-3-1-5-2-4-7/h1-7H2,(H,10,11)(H,12,13);2*5-7H,1-4H2. The summed E-state index contributed by atoms with van der Waals surface area (Å²) < 4.78 is 0. The molecule has 8 N–H and O–H groups in total. The highest BCUT2D eigenvalue weighted by Gasteiger charge is 1.98. The Balaban J connectivity index is -0.000000350. The Morgan fingerprint density at radius 2 is 0.778 bits per heavy atom. The lowest BCUT2D eigenvalue weighted by Crippen LogP contribution is -2.21. The highest BCUT2D eigenvalue weighted by molar-refractivity contribution is 5.66. The van der Waals surface area contributed by atoms with E-state index in [1.807, 2.05) is 0 Å². The summed E-state index contributed by atoms with van der Waals surface area (Å²) in [7, 11) is 0. The summed E-state index contributed by atoms with van der Waals surface area (Å²) in [6.45, 7) is 2.84. The van der Waals surface area contributed by atoms with Gasteiger partial charge >= 0.3 is 11.9 Å². The zero-order valence-electron chi connectivity index (χ0n) is 16.1. The van der Waals surface area contributed by atoms with Crippen LogP contribution in [0.4, 0.5) is 0 Å². The summed E-state index contributed by atoms with van der Waals surface area (Å²) in [6.07, 6.45) is 4.53. The monoisotopic (exact) mass is 398 g/mol. The number of hydrogen-bond acceptors (Lipinski definition) is 8. The number of aliphatic hydroxyl groups excluding tert-OH is 4. The predicted octanol–water partition coefficient (Wildman–Crippen LogP) is -0.992. The Labute approximate surface area is 161 Å². The van der Waals surface area contributed by atoms with Crippen molar-refractivity contribution in [3.63, 3.8) is 0 Å². The molecule has 0 saturated carbocycles. The maximum absolute atomic E-state index is 10.1. The summed E-state index contributed by atoms with van der Waals surface area (Å²) >= 11 is 0. The lowest BCUT2D eigenvalue weighted by atomic mass is 10.1. The van der Waals surface area contributed by atoms with Crippen LogP contribution in [-0.4, -0.2) is 95.2 Å². The minimum absolute atomic E-state index is 0.139. The van der Waals surface area contributed by atoms with Gasteiger partial charge in [-0.2, -0.15) is 0 Å². The van der Waals surface area contributed by atoms with Crippen molar-refractivity contribution in [2.75, 3.05) is 52.6 Å². The van der Waals surface area contributed by atoms with Gasteiger partial charge in [-0.05, 0) is 12.8 Å². The number of aliphatic hydroxyl groups is 4. The van der Waals surface area contributed by atoms with Crippen LogP contribution in [0.15, 0.2) is 0 Å². The molecule has 0 aromatic heterocycles. The lowest BCUT2D eigenvalue weighted by molar-refractivity contribution is -0.138. The Morgan fingerprint density at radius 1 is 0.519 bits per heavy atom. The Hall–Kier alpha value is -1.30. The van der Waals surface area contributed by atoms with Crippen LogP contribution in [0.3, 0.4) is 0 Å². The molecule has 0 aliphatic rings. The highest BCUT2D eigenvalue weighted by Crippen LogP contribution is 2.06. The fourth-order valence-corrected chi connectivity index (χ4v) is 1.65. The van der Waals surface area contributed by atoms with Gasteiger partial charge in [0.2, 0.25) is 0 Å². The molecule has 0 saturated heterocycles. The van der Waals surface area contributed by atoms with E-state index in [0.717, 1.165) is 19.3 Å². The second-order valence-corrected chi connectivity index (χ2v) is 5.45. The zero-order chi connectivity index (χ0) is 21.2. The first-order valence-electron chi connectivity index (χ1n) is 9.24. The first kappa shape index (κ1) is 30.4. The van der Waals surface area contributed by atoms with E-state index in [9.17, 15) is 9.59 Å². The summed E-state index contributed by atoms with van der Waals surface area (Å²) in [4.78, 5) is 20.2. The van der Waals surface area contributed by atoms with Gasteiger partial charge < -0.3 is 41.3 Å². The largest absolute Gasteiger partial charge is 0.481 e. The third-order valence-corrected chi connectivity index (χ3v) is 2.94. The average molecular weight is 398 g/mol. The lowest BCUT2D eigenvalue weighted by Gasteiger charge is -1.97. The molecule has 0 unspecified atom stereocenters. The van der Waals surface area contributed by atoms with Crippen molar-refractivity contribution in [2.24, 2.45) is 0 Å². The molecule has 10 heteroatoms. The molecule has 0 rings (SSSR count). The van der Waals surface area contributed by atoms with E-state index in [1.54, 1.807) is 0 Å². The number of rotatable bonds is 16. The fraction of sp³-hybridized carbons (Fsp3) is 0.882. The van der Waals surface area contributed by atoms with Crippen molar-refractivity contribution in [1.29, 1.82) is 0 Å². The Bertz CT molecular complexity index is 271. The molecule has 0 heterocycles. The summed E-state index contributed by atoms with van der Waals surface area (Å²) in [5.41, 5.74) is 0. The van der Waals surface area contributed by atoms with Crippen LogP contribution in [0.1, 0.15) is 44.9 Å². The van der Waals surface area contributed by atoms with Gasteiger partial charge in [-0.15, -0.1) is 0 Å². The average Bonchev–Trinajstić information content (AvgIpc) is 2.62. The number of aliphatic carboxylic acids is 2. The SMILES string of the molecule is O=C(O)CCCCCCCC(=O)O.OCCNCCO.OCCNCCO. The first-order chi connectivity index (χ1) is 13.0. The van der Waals surface area contributed by atoms with E-state index in [1.165, 1.54) is 0 Å². The molecule has 0 spiro atoms. The van der Waals surface area contributed by atoms with Gasteiger partial charge in [0.15, 0.2) is 0 Å². The summed E-state index contributed by atoms with van der Waals surface area (Å²) in [6, 6.07) is 0. The molecule has 0 radical (unpaired) electrons. The predicted molar refractivity (Wildman–Crippen MR) is 102 cm³/mol. The van der Waals surface area contributed by atoms with Crippen LogP contribution in [0.2, 0.25) is 0 Å². The second-order valence-electron chi connectivity index (χ2n) is 5.45. The van der Waals surface area contributed by atoms with Crippen molar-refractivity contribution in [2.45, 2.75) is 44.9 Å². The molecule has 10 nitrogen and oxygen atoms in total. The van der Waals surface area contributed by atoms with Crippen molar-refractivity contribution in [1.82, 2.24) is 10.6 Å². The number of nitrogens with one attached hydrogen (secondary N) is 2. The van der Waals surface area contributed by atoms with E-state index < -0.39 is 11.9 Å². The van der Waals surface area contributed by atoms with E-state index in [-0.39, 0.29) is 39.3 Å². The molecule has 0 aromatic carbocycles. The van der Waals surface area contributed by atoms with Crippen LogP contribution in [0, 0.1) is 0 Å². The van der Waals surface area contributed by atoms with Crippen molar-refractivity contribution >= 4 is 11.9 Å². The van der Waals surface area contributed by atoms with Crippen molar-refractivity contribution < 1.29 is 40.2 Å². The Kier molecular flexibility index (Phi) is 33.2. The number of hydrogen-bond donors (Lipinski definition) is 8. The number of carboxylic acids is 2. The minimum Gasteiger partial charge on any atom is -0.481 e. The van der Waals surface area contributed by atoms with Gasteiger partial charge in [0, 0.05) is 39.0 Å². The first-order valence-corrected chi connectivity index (χ1v) is 9.24. The number of carbonyl (C=O) groups is 2. The third kappa shape index (κ3) is 45.6. The summed E-state index contributed by atoms with van der Waals surface area (Å²) in [5.74, 6) is -1.52.